The SMILES string of the molecule is NC(=NCc1ncccc1F)Nc1ccc2c(c1)CCC2. The normalized spacial score (nSPS) is 14.0. The third-order valence-corrected chi connectivity index (χ3v) is 3.60. The average molecular weight is 284 g/mol. The second kappa shape index (κ2) is 5.91. The molecule has 0 unspecified atom stereocenters. The van der Waals surface area contributed by atoms with Crippen molar-refractivity contribution in [2.45, 2.75) is 25.8 Å². The van der Waals surface area contributed by atoms with Gasteiger partial charge in [0.1, 0.15) is 5.82 Å². The number of nitrogens with zero attached hydrogens (tertiary/aromatic N) is 2. The minimum atomic E-state index is -0.369. The van der Waals surface area contributed by atoms with Gasteiger partial charge in [0, 0.05) is 11.9 Å². The summed E-state index contributed by atoms with van der Waals surface area (Å²) in [6, 6.07) is 9.13. The zero-order valence-corrected chi connectivity index (χ0v) is 11.6. The molecule has 0 spiro atoms. The molecule has 0 amide bonds. The van der Waals surface area contributed by atoms with Gasteiger partial charge >= 0.3 is 0 Å². The van der Waals surface area contributed by atoms with Crippen molar-refractivity contribution in [3.05, 3.63) is 59.2 Å². The summed E-state index contributed by atoms with van der Waals surface area (Å²) < 4.78 is 13.4. The van der Waals surface area contributed by atoms with Gasteiger partial charge in [-0.15, -0.1) is 0 Å². The van der Waals surface area contributed by atoms with Gasteiger partial charge in [0.05, 0.1) is 12.2 Å². The number of fused-ring (bicyclic) bond motifs is 1. The predicted octanol–water partition coefficient (Wildman–Crippen LogP) is 2.64. The highest BCUT2D eigenvalue weighted by molar-refractivity contribution is 5.92. The van der Waals surface area contributed by atoms with Gasteiger partial charge in [-0.1, -0.05) is 6.07 Å². The Morgan fingerprint density at radius 2 is 2.14 bits per heavy atom. The van der Waals surface area contributed by atoms with Gasteiger partial charge in [-0.3, -0.25) is 4.98 Å². The van der Waals surface area contributed by atoms with Crippen LogP contribution in [-0.2, 0) is 19.4 Å². The quantitative estimate of drug-likeness (QED) is 0.672. The molecule has 0 bridgehead atoms. The van der Waals surface area contributed by atoms with Crippen LogP contribution in [0.1, 0.15) is 23.2 Å². The van der Waals surface area contributed by atoms with E-state index in [9.17, 15) is 4.39 Å². The summed E-state index contributed by atoms with van der Waals surface area (Å²) in [5, 5.41) is 3.04. The first-order chi connectivity index (χ1) is 10.2. The fraction of sp³-hybridized carbons (Fsp3) is 0.250. The molecule has 0 atom stereocenters. The molecule has 0 aliphatic heterocycles. The first kappa shape index (κ1) is 13.5. The molecule has 1 aliphatic carbocycles. The van der Waals surface area contributed by atoms with Crippen molar-refractivity contribution in [2.75, 3.05) is 5.32 Å². The van der Waals surface area contributed by atoms with Crippen LogP contribution in [0.25, 0.3) is 0 Å². The van der Waals surface area contributed by atoms with E-state index >= 15 is 0 Å². The molecule has 3 rings (SSSR count). The summed E-state index contributed by atoms with van der Waals surface area (Å²) in [4.78, 5) is 8.06. The molecule has 0 saturated heterocycles. The van der Waals surface area contributed by atoms with Crippen LogP contribution in [0.2, 0.25) is 0 Å². The number of hydrogen-bond donors (Lipinski definition) is 2. The van der Waals surface area contributed by atoms with Crippen LogP contribution < -0.4 is 11.1 Å². The van der Waals surface area contributed by atoms with Crippen molar-refractivity contribution < 1.29 is 4.39 Å². The Balaban J connectivity index is 1.67. The zero-order chi connectivity index (χ0) is 14.7. The Morgan fingerprint density at radius 1 is 1.29 bits per heavy atom. The summed E-state index contributed by atoms with van der Waals surface area (Å²) in [7, 11) is 0. The van der Waals surface area contributed by atoms with Crippen LogP contribution in [0.5, 0.6) is 0 Å². The van der Waals surface area contributed by atoms with Crippen molar-refractivity contribution in [3.63, 3.8) is 0 Å². The number of halogens is 1. The molecule has 0 saturated carbocycles. The summed E-state index contributed by atoms with van der Waals surface area (Å²) in [5.41, 5.74) is 9.81. The van der Waals surface area contributed by atoms with E-state index in [1.807, 2.05) is 6.07 Å². The van der Waals surface area contributed by atoms with Gasteiger partial charge in [-0.25, -0.2) is 9.38 Å². The average Bonchev–Trinajstić information content (AvgIpc) is 2.94. The summed E-state index contributed by atoms with van der Waals surface area (Å²) >= 11 is 0. The highest BCUT2D eigenvalue weighted by Crippen LogP contribution is 2.24. The van der Waals surface area contributed by atoms with E-state index in [4.69, 9.17) is 5.73 Å². The van der Waals surface area contributed by atoms with Gasteiger partial charge in [-0.2, -0.15) is 0 Å². The Kier molecular flexibility index (Phi) is 3.81. The largest absolute Gasteiger partial charge is 0.370 e. The number of aryl methyl sites for hydroxylation is 2. The molecule has 0 fully saturated rings. The fourth-order valence-electron chi connectivity index (χ4n) is 2.53. The molecule has 2 aromatic rings. The number of pyridine rings is 1. The lowest BCUT2D eigenvalue weighted by atomic mass is 10.1. The number of anilines is 1. The molecule has 0 radical (unpaired) electrons. The molecule has 1 heterocycles. The maximum absolute atomic E-state index is 13.4. The van der Waals surface area contributed by atoms with Gasteiger partial charge in [0.25, 0.3) is 0 Å². The maximum Gasteiger partial charge on any atom is 0.193 e. The molecule has 1 aromatic heterocycles. The van der Waals surface area contributed by atoms with Crippen LogP contribution in [0.3, 0.4) is 0 Å². The van der Waals surface area contributed by atoms with Crippen molar-refractivity contribution in [1.29, 1.82) is 0 Å². The van der Waals surface area contributed by atoms with Crippen LogP contribution >= 0.6 is 0 Å². The number of benzene rings is 1. The van der Waals surface area contributed by atoms with E-state index in [-0.39, 0.29) is 24.0 Å². The van der Waals surface area contributed by atoms with Crippen molar-refractivity contribution >= 4 is 11.6 Å². The highest BCUT2D eigenvalue weighted by atomic mass is 19.1. The lowest BCUT2D eigenvalue weighted by Crippen LogP contribution is -2.22. The highest BCUT2D eigenvalue weighted by Gasteiger charge is 2.10. The first-order valence-corrected chi connectivity index (χ1v) is 7.00. The summed E-state index contributed by atoms with van der Waals surface area (Å²) in [6.45, 7) is 0.121. The van der Waals surface area contributed by atoms with Crippen LogP contribution in [0, 0.1) is 5.82 Å². The molecular formula is C16H17FN4. The van der Waals surface area contributed by atoms with Crippen molar-refractivity contribution in [3.8, 4) is 0 Å². The smallest absolute Gasteiger partial charge is 0.193 e. The molecule has 21 heavy (non-hydrogen) atoms. The third kappa shape index (κ3) is 3.18. The van der Waals surface area contributed by atoms with Crippen LogP contribution in [0.4, 0.5) is 10.1 Å². The van der Waals surface area contributed by atoms with E-state index in [2.05, 4.69) is 27.4 Å². The minimum absolute atomic E-state index is 0.121. The van der Waals surface area contributed by atoms with Crippen molar-refractivity contribution in [2.24, 2.45) is 10.7 Å². The van der Waals surface area contributed by atoms with Gasteiger partial charge in [0.15, 0.2) is 5.96 Å². The Labute approximate surface area is 122 Å². The number of nitrogens with two attached hydrogens (primary N) is 1. The summed E-state index contributed by atoms with van der Waals surface area (Å²) in [6.07, 6.45) is 5.01. The predicted molar refractivity (Wildman–Crippen MR) is 81.6 cm³/mol. The first-order valence-electron chi connectivity index (χ1n) is 7.00. The van der Waals surface area contributed by atoms with Gasteiger partial charge in [0.2, 0.25) is 0 Å². The van der Waals surface area contributed by atoms with Crippen molar-refractivity contribution in [1.82, 2.24) is 4.98 Å². The topological polar surface area (TPSA) is 63.3 Å². The van der Waals surface area contributed by atoms with E-state index in [0.29, 0.717) is 0 Å². The number of aromatic nitrogens is 1. The van der Waals surface area contributed by atoms with E-state index in [1.165, 1.54) is 29.8 Å². The fourth-order valence-corrected chi connectivity index (χ4v) is 2.53. The van der Waals surface area contributed by atoms with Crippen LogP contribution in [0.15, 0.2) is 41.5 Å². The second-order valence-corrected chi connectivity index (χ2v) is 5.10. The van der Waals surface area contributed by atoms with Gasteiger partial charge in [-0.05, 0) is 54.7 Å². The standard InChI is InChI=1S/C16H17FN4/c17-14-5-2-8-19-15(14)10-20-16(18)21-13-7-6-11-3-1-4-12(11)9-13/h2,5-9H,1,3-4,10H2,(H3,18,20,21). The molecular weight excluding hydrogens is 267 g/mol. The van der Waals surface area contributed by atoms with Gasteiger partial charge < -0.3 is 11.1 Å². The minimum Gasteiger partial charge on any atom is -0.370 e. The lowest BCUT2D eigenvalue weighted by molar-refractivity contribution is 0.600. The van der Waals surface area contributed by atoms with E-state index in [1.54, 1.807) is 6.07 Å². The summed E-state index contributed by atoms with van der Waals surface area (Å²) in [5.74, 6) is -0.107. The number of rotatable bonds is 3. The maximum atomic E-state index is 13.4. The zero-order valence-electron chi connectivity index (χ0n) is 11.6. The Bertz CT molecular complexity index is 682. The monoisotopic (exact) mass is 284 g/mol. The van der Waals surface area contributed by atoms with E-state index < -0.39 is 0 Å². The Hall–Kier alpha value is -2.43. The van der Waals surface area contributed by atoms with Crippen LogP contribution in [-0.4, -0.2) is 10.9 Å². The lowest BCUT2D eigenvalue weighted by Gasteiger charge is -2.08. The molecule has 4 nitrogen and oxygen atoms in total. The number of aliphatic imine (C=N–C) groups is 1. The molecule has 1 aliphatic rings. The molecule has 5 heteroatoms. The van der Waals surface area contributed by atoms with E-state index in [0.717, 1.165) is 18.5 Å². The molecule has 1 aromatic carbocycles. The second-order valence-electron chi connectivity index (χ2n) is 5.10. The molecule has 3 N–H and O–H groups in total. The third-order valence-electron chi connectivity index (χ3n) is 3.60. The Morgan fingerprint density at radius 3 is 3.00 bits per heavy atom. The number of nitrogens with one attached hydrogen (secondary N) is 1. The molecule has 108 valence electrons. The number of hydrogen-bond acceptors (Lipinski definition) is 2. The number of guanidine groups is 1.